The molecule has 0 radical (unpaired) electrons. The first-order valence-electron chi connectivity index (χ1n) is 6.43. The Morgan fingerprint density at radius 2 is 1.94 bits per heavy atom. The second kappa shape index (κ2) is 4.83. The number of likely N-dealkylation sites (N-methyl/N-ethyl adjacent to an activating group) is 1. The molecule has 1 aromatic rings. The Morgan fingerprint density at radius 1 is 1.28 bits per heavy atom. The van der Waals surface area contributed by atoms with E-state index in [0.717, 1.165) is 37.0 Å². The number of rotatable bonds is 2. The van der Waals surface area contributed by atoms with Gasteiger partial charge in [0.1, 0.15) is 5.15 Å². The van der Waals surface area contributed by atoms with Gasteiger partial charge >= 0.3 is 0 Å². The Hall–Kier alpha value is -0.580. The number of hydrogen-bond acceptors (Lipinski definition) is 3. The molecule has 1 aliphatic rings. The third kappa shape index (κ3) is 2.56. The summed E-state index contributed by atoms with van der Waals surface area (Å²) in [6.45, 7) is 10.8. The maximum absolute atomic E-state index is 6.30. The van der Waals surface area contributed by atoms with Gasteiger partial charge in [-0.05, 0) is 27.8 Å². The second-order valence-corrected chi connectivity index (χ2v) is 6.28. The third-order valence-corrected chi connectivity index (χ3v) is 4.52. The monoisotopic (exact) mass is 270 g/mol. The quantitative estimate of drug-likeness (QED) is 0.821. The number of hydrogen-bond donors (Lipinski definition) is 0. The van der Waals surface area contributed by atoms with E-state index < -0.39 is 0 Å². The lowest BCUT2D eigenvalue weighted by Crippen LogP contribution is -2.57. The van der Waals surface area contributed by atoms with E-state index in [4.69, 9.17) is 11.6 Å². The van der Waals surface area contributed by atoms with Crippen molar-refractivity contribution in [2.45, 2.75) is 32.9 Å². The van der Waals surface area contributed by atoms with Gasteiger partial charge in [0.25, 0.3) is 0 Å². The summed E-state index contributed by atoms with van der Waals surface area (Å²) < 4.78 is 1.76. The van der Waals surface area contributed by atoms with Crippen molar-refractivity contribution in [3.05, 3.63) is 16.4 Å². The Kier molecular flexibility index (Phi) is 3.72. The summed E-state index contributed by atoms with van der Waals surface area (Å²) in [5.41, 5.74) is 2.43. The van der Waals surface area contributed by atoms with Gasteiger partial charge in [-0.2, -0.15) is 5.10 Å². The van der Waals surface area contributed by atoms with Crippen LogP contribution in [0.5, 0.6) is 0 Å². The summed E-state index contributed by atoms with van der Waals surface area (Å²) in [6, 6.07) is 0. The van der Waals surface area contributed by atoms with E-state index in [0.29, 0.717) is 0 Å². The molecule has 1 saturated heterocycles. The van der Waals surface area contributed by atoms with Crippen LogP contribution in [0.2, 0.25) is 5.15 Å². The van der Waals surface area contributed by atoms with Crippen molar-refractivity contribution in [2.24, 2.45) is 7.05 Å². The molecule has 0 bridgehead atoms. The first-order valence-corrected chi connectivity index (χ1v) is 6.80. The van der Waals surface area contributed by atoms with Crippen LogP contribution in [0, 0.1) is 6.92 Å². The molecule has 0 aromatic carbocycles. The Labute approximate surface area is 115 Å². The molecule has 1 aliphatic heterocycles. The summed E-state index contributed by atoms with van der Waals surface area (Å²) in [7, 11) is 4.09. The minimum absolute atomic E-state index is 0.223. The SMILES string of the molecule is Cc1nn(C)c(Cl)c1CN1CCN(C)C(C)(C)C1. The zero-order valence-electron chi connectivity index (χ0n) is 12.0. The lowest BCUT2D eigenvalue weighted by atomic mass is 9.99. The largest absolute Gasteiger partial charge is 0.299 e. The molecule has 2 rings (SSSR count). The highest BCUT2D eigenvalue weighted by Gasteiger charge is 2.31. The topological polar surface area (TPSA) is 24.3 Å². The summed E-state index contributed by atoms with van der Waals surface area (Å²) >= 11 is 6.30. The number of aromatic nitrogens is 2. The average Bonchev–Trinajstić information content (AvgIpc) is 2.50. The van der Waals surface area contributed by atoms with Crippen LogP contribution in [0.25, 0.3) is 0 Å². The van der Waals surface area contributed by atoms with Gasteiger partial charge in [-0.1, -0.05) is 11.6 Å². The van der Waals surface area contributed by atoms with Crippen LogP contribution < -0.4 is 0 Å². The molecule has 0 saturated carbocycles. The van der Waals surface area contributed by atoms with Crippen molar-refractivity contribution >= 4 is 11.6 Å². The standard InChI is InChI=1S/C13H23ClN4/c1-10-11(12(14)17(5)15-10)8-18-7-6-16(4)13(2,3)9-18/h6-9H2,1-5H3. The number of aryl methyl sites for hydroxylation is 2. The van der Waals surface area contributed by atoms with Gasteiger partial charge in [0.15, 0.2) is 0 Å². The van der Waals surface area contributed by atoms with Crippen LogP contribution in [0.15, 0.2) is 0 Å². The molecule has 5 heteroatoms. The molecule has 18 heavy (non-hydrogen) atoms. The highest BCUT2D eigenvalue weighted by atomic mass is 35.5. The van der Waals surface area contributed by atoms with Crippen LogP contribution in [0.4, 0.5) is 0 Å². The lowest BCUT2D eigenvalue weighted by molar-refractivity contribution is 0.0359. The summed E-state index contributed by atoms with van der Waals surface area (Å²) in [6.07, 6.45) is 0. The van der Waals surface area contributed by atoms with Crippen LogP contribution >= 0.6 is 11.6 Å². The zero-order chi connectivity index (χ0) is 13.5. The van der Waals surface area contributed by atoms with Gasteiger partial charge in [-0.15, -0.1) is 0 Å². The van der Waals surface area contributed by atoms with Gasteiger partial charge in [0, 0.05) is 44.3 Å². The Morgan fingerprint density at radius 3 is 2.44 bits per heavy atom. The predicted octanol–water partition coefficient (Wildman–Crippen LogP) is 1.91. The van der Waals surface area contributed by atoms with Gasteiger partial charge < -0.3 is 0 Å². The van der Waals surface area contributed by atoms with Gasteiger partial charge in [-0.3, -0.25) is 14.5 Å². The molecule has 0 spiro atoms. The average molecular weight is 271 g/mol. The fourth-order valence-corrected chi connectivity index (χ4v) is 2.79. The van der Waals surface area contributed by atoms with E-state index in [2.05, 4.69) is 35.8 Å². The first kappa shape index (κ1) is 13.8. The van der Waals surface area contributed by atoms with E-state index in [1.807, 2.05) is 14.0 Å². The lowest BCUT2D eigenvalue weighted by Gasteiger charge is -2.45. The number of piperazine rings is 1. The molecular formula is C13H23ClN4. The zero-order valence-corrected chi connectivity index (χ0v) is 12.8. The van der Waals surface area contributed by atoms with Crippen molar-refractivity contribution in [3.8, 4) is 0 Å². The van der Waals surface area contributed by atoms with E-state index in [1.165, 1.54) is 5.56 Å². The van der Waals surface area contributed by atoms with Gasteiger partial charge in [0.2, 0.25) is 0 Å². The highest BCUT2D eigenvalue weighted by molar-refractivity contribution is 6.30. The minimum Gasteiger partial charge on any atom is -0.299 e. The smallest absolute Gasteiger partial charge is 0.131 e. The van der Waals surface area contributed by atoms with E-state index in [1.54, 1.807) is 4.68 Å². The molecular weight excluding hydrogens is 248 g/mol. The van der Waals surface area contributed by atoms with Crippen molar-refractivity contribution in [1.29, 1.82) is 0 Å². The van der Waals surface area contributed by atoms with Crippen LogP contribution in [-0.4, -0.2) is 51.8 Å². The van der Waals surface area contributed by atoms with E-state index in [-0.39, 0.29) is 5.54 Å². The molecule has 0 amide bonds. The third-order valence-electron chi connectivity index (χ3n) is 4.05. The second-order valence-electron chi connectivity index (χ2n) is 5.92. The number of halogens is 1. The molecule has 0 atom stereocenters. The Bertz CT molecular complexity index is 438. The summed E-state index contributed by atoms with van der Waals surface area (Å²) in [5, 5.41) is 5.14. The van der Waals surface area contributed by atoms with Gasteiger partial charge in [-0.25, -0.2) is 0 Å². The van der Waals surface area contributed by atoms with Crippen molar-refractivity contribution in [3.63, 3.8) is 0 Å². The normalized spacial score (nSPS) is 21.4. The molecule has 0 unspecified atom stereocenters. The molecule has 1 fully saturated rings. The predicted molar refractivity (Wildman–Crippen MR) is 74.9 cm³/mol. The van der Waals surface area contributed by atoms with Crippen LogP contribution in [-0.2, 0) is 13.6 Å². The fraction of sp³-hybridized carbons (Fsp3) is 0.769. The fourth-order valence-electron chi connectivity index (χ4n) is 2.55. The van der Waals surface area contributed by atoms with Crippen LogP contribution in [0.1, 0.15) is 25.1 Å². The Balaban J connectivity index is 2.11. The highest BCUT2D eigenvalue weighted by Crippen LogP contribution is 2.24. The number of nitrogens with zero attached hydrogens (tertiary/aromatic N) is 4. The van der Waals surface area contributed by atoms with Crippen molar-refractivity contribution < 1.29 is 0 Å². The van der Waals surface area contributed by atoms with Crippen molar-refractivity contribution in [2.75, 3.05) is 26.7 Å². The summed E-state index contributed by atoms with van der Waals surface area (Å²) in [4.78, 5) is 4.89. The van der Waals surface area contributed by atoms with E-state index in [9.17, 15) is 0 Å². The van der Waals surface area contributed by atoms with Crippen LogP contribution in [0.3, 0.4) is 0 Å². The molecule has 102 valence electrons. The summed E-state index contributed by atoms with van der Waals surface area (Å²) in [5.74, 6) is 0. The maximum Gasteiger partial charge on any atom is 0.131 e. The molecule has 0 N–H and O–H groups in total. The van der Waals surface area contributed by atoms with Crippen molar-refractivity contribution in [1.82, 2.24) is 19.6 Å². The molecule has 4 nitrogen and oxygen atoms in total. The first-order chi connectivity index (χ1) is 8.31. The molecule has 1 aromatic heterocycles. The molecule has 2 heterocycles. The minimum atomic E-state index is 0.223. The molecule has 0 aliphatic carbocycles. The van der Waals surface area contributed by atoms with Gasteiger partial charge in [0.05, 0.1) is 5.69 Å². The van der Waals surface area contributed by atoms with E-state index >= 15 is 0 Å². The maximum atomic E-state index is 6.30.